The van der Waals surface area contributed by atoms with Crippen LogP contribution >= 0.6 is 0 Å². The van der Waals surface area contributed by atoms with Gasteiger partial charge in [0.05, 0.1) is 6.04 Å². The van der Waals surface area contributed by atoms with Crippen molar-refractivity contribution in [1.29, 1.82) is 0 Å². The molecule has 6 N–H and O–H groups in total. The van der Waals surface area contributed by atoms with Gasteiger partial charge in [0.25, 0.3) is 0 Å². The van der Waals surface area contributed by atoms with Crippen molar-refractivity contribution in [2.24, 2.45) is 11.5 Å². The molecule has 5 heteroatoms. The Bertz CT molecular complexity index is 439. The molecule has 1 aromatic rings. The highest BCUT2D eigenvalue weighted by Gasteiger charge is 2.22. The van der Waals surface area contributed by atoms with Gasteiger partial charge in [-0.1, -0.05) is 12.1 Å². The maximum atomic E-state index is 12.0. The van der Waals surface area contributed by atoms with E-state index in [1.54, 1.807) is 24.3 Å². The molecule has 0 heterocycles. The van der Waals surface area contributed by atoms with Crippen molar-refractivity contribution in [2.45, 2.75) is 50.2 Å². The second-order valence-corrected chi connectivity index (χ2v) is 5.60. The first-order valence-electron chi connectivity index (χ1n) is 7.14. The third-order valence-corrected chi connectivity index (χ3v) is 3.85. The third-order valence-electron chi connectivity index (χ3n) is 3.85. The number of nitrogens with two attached hydrogens (primary N) is 2. The van der Waals surface area contributed by atoms with Gasteiger partial charge >= 0.3 is 0 Å². The Morgan fingerprint density at radius 1 is 1.25 bits per heavy atom. The highest BCUT2D eigenvalue weighted by molar-refractivity contribution is 5.82. The number of nitrogens with one attached hydrogen (secondary N) is 1. The molecule has 110 valence electrons. The lowest BCUT2D eigenvalue weighted by Gasteiger charge is -2.27. The van der Waals surface area contributed by atoms with E-state index in [9.17, 15) is 9.90 Å². The zero-order valence-corrected chi connectivity index (χ0v) is 11.6. The Kier molecular flexibility index (Phi) is 4.98. The molecule has 20 heavy (non-hydrogen) atoms. The number of phenolic OH excluding ortho intramolecular Hbond substituents is 1. The molecule has 1 saturated carbocycles. The van der Waals surface area contributed by atoms with Crippen LogP contribution in [0, 0.1) is 0 Å². The fourth-order valence-electron chi connectivity index (χ4n) is 2.55. The number of hydrogen-bond acceptors (Lipinski definition) is 4. The maximum Gasteiger partial charge on any atom is 0.237 e. The van der Waals surface area contributed by atoms with Crippen LogP contribution in [0.25, 0.3) is 0 Å². The van der Waals surface area contributed by atoms with Crippen LogP contribution in [0.4, 0.5) is 0 Å². The molecule has 1 aromatic carbocycles. The lowest BCUT2D eigenvalue weighted by molar-refractivity contribution is -0.123. The molecule has 0 radical (unpaired) electrons. The SMILES string of the molecule is NC1CCC(NC(=O)[C@H](N)Cc2ccc(O)cc2)CC1. The Morgan fingerprint density at radius 3 is 2.45 bits per heavy atom. The first kappa shape index (κ1) is 14.8. The zero-order valence-electron chi connectivity index (χ0n) is 11.6. The molecule has 1 aliphatic rings. The molecule has 0 saturated heterocycles. The zero-order chi connectivity index (χ0) is 14.5. The Balaban J connectivity index is 1.81. The first-order valence-corrected chi connectivity index (χ1v) is 7.14. The molecular formula is C15H23N3O2. The fraction of sp³-hybridized carbons (Fsp3) is 0.533. The lowest BCUT2D eigenvalue weighted by Crippen LogP contribution is -2.48. The predicted molar refractivity (Wildman–Crippen MR) is 78.2 cm³/mol. The largest absolute Gasteiger partial charge is 0.508 e. The summed E-state index contributed by atoms with van der Waals surface area (Å²) < 4.78 is 0. The van der Waals surface area contributed by atoms with Crippen LogP contribution in [0.5, 0.6) is 5.75 Å². The number of phenols is 1. The molecule has 0 aromatic heterocycles. The molecule has 0 spiro atoms. The van der Waals surface area contributed by atoms with Crippen LogP contribution < -0.4 is 16.8 Å². The molecule has 1 atom stereocenters. The van der Waals surface area contributed by atoms with Crippen molar-refractivity contribution in [2.75, 3.05) is 0 Å². The van der Waals surface area contributed by atoms with E-state index in [1.807, 2.05) is 0 Å². The summed E-state index contributed by atoms with van der Waals surface area (Å²) in [6, 6.07) is 6.67. The molecule has 1 amide bonds. The minimum atomic E-state index is -0.560. The summed E-state index contributed by atoms with van der Waals surface area (Å²) in [6.45, 7) is 0. The monoisotopic (exact) mass is 277 g/mol. The highest BCUT2D eigenvalue weighted by Crippen LogP contribution is 2.17. The molecule has 2 rings (SSSR count). The fourth-order valence-corrected chi connectivity index (χ4v) is 2.55. The second-order valence-electron chi connectivity index (χ2n) is 5.60. The van der Waals surface area contributed by atoms with Crippen LogP contribution in [0.15, 0.2) is 24.3 Å². The number of hydrogen-bond donors (Lipinski definition) is 4. The molecule has 0 bridgehead atoms. The van der Waals surface area contributed by atoms with Gasteiger partial charge in [0, 0.05) is 12.1 Å². The molecule has 0 unspecified atom stereocenters. The Hall–Kier alpha value is -1.59. The van der Waals surface area contributed by atoms with Gasteiger partial charge in [-0.3, -0.25) is 4.79 Å². The number of carbonyl (C=O) groups is 1. The summed E-state index contributed by atoms with van der Waals surface area (Å²) in [5.41, 5.74) is 12.7. The summed E-state index contributed by atoms with van der Waals surface area (Å²) in [5.74, 6) is 0.101. The van der Waals surface area contributed by atoms with Gasteiger partial charge in [-0.05, 0) is 49.8 Å². The van der Waals surface area contributed by atoms with E-state index in [4.69, 9.17) is 11.5 Å². The van der Waals surface area contributed by atoms with Gasteiger partial charge < -0.3 is 21.9 Å². The van der Waals surface area contributed by atoms with Crippen molar-refractivity contribution < 1.29 is 9.90 Å². The van der Waals surface area contributed by atoms with Crippen LogP contribution in [0.1, 0.15) is 31.2 Å². The van der Waals surface area contributed by atoms with Crippen molar-refractivity contribution in [3.05, 3.63) is 29.8 Å². The van der Waals surface area contributed by atoms with Gasteiger partial charge in [-0.25, -0.2) is 0 Å². The van der Waals surface area contributed by atoms with E-state index in [0.717, 1.165) is 31.2 Å². The summed E-state index contributed by atoms with van der Waals surface area (Å²) in [4.78, 5) is 12.0. The Labute approximate surface area is 119 Å². The molecule has 1 fully saturated rings. The van der Waals surface area contributed by atoms with Gasteiger partial charge in [-0.15, -0.1) is 0 Å². The van der Waals surface area contributed by atoms with E-state index in [0.29, 0.717) is 6.42 Å². The van der Waals surface area contributed by atoms with Crippen LogP contribution in [0.3, 0.4) is 0 Å². The van der Waals surface area contributed by atoms with E-state index in [1.165, 1.54) is 0 Å². The van der Waals surface area contributed by atoms with E-state index < -0.39 is 6.04 Å². The van der Waals surface area contributed by atoms with E-state index >= 15 is 0 Å². The molecule has 5 nitrogen and oxygen atoms in total. The van der Waals surface area contributed by atoms with Crippen LogP contribution in [-0.4, -0.2) is 29.1 Å². The van der Waals surface area contributed by atoms with Gasteiger partial charge in [-0.2, -0.15) is 0 Å². The van der Waals surface area contributed by atoms with Crippen molar-refractivity contribution in [1.82, 2.24) is 5.32 Å². The maximum absolute atomic E-state index is 12.0. The lowest BCUT2D eigenvalue weighted by atomic mass is 9.91. The van der Waals surface area contributed by atoms with Crippen LogP contribution in [-0.2, 0) is 11.2 Å². The number of amides is 1. The molecular weight excluding hydrogens is 254 g/mol. The minimum absolute atomic E-state index is 0.112. The topological polar surface area (TPSA) is 101 Å². The second kappa shape index (κ2) is 6.72. The van der Waals surface area contributed by atoms with E-state index in [2.05, 4.69) is 5.32 Å². The average Bonchev–Trinajstić information content (AvgIpc) is 2.44. The Morgan fingerprint density at radius 2 is 1.85 bits per heavy atom. The predicted octanol–water partition coefficient (Wildman–Crippen LogP) is 0.648. The number of rotatable bonds is 4. The van der Waals surface area contributed by atoms with Crippen molar-refractivity contribution in [3.8, 4) is 5.75 Å². The van der Waals surface area contributed by atoms with Crippen molar-refractivity contribution in [3.63, 3.8) is 0 Å². The van der Waals surface area contributed by atoms with Gasteiger partial charge in [0.2, 0.25) is 5.91 Å². The number of aromatic hydroxyl groups is 1. The summed E-state index contributed by atoms with van der Waals surface area (Å²) >= 11 is 0. The van der Waals surface area contributed by atoms with Gasteiger partial charge in [0.1, 0.15) is 5.75 Å². The average molecular weight is 277 g/mol. The first-order chi connectivity index (χ1) is 9.54. The number of carbonyl (C=O) groups excluding carboxylic acids is 1. The van der Waals surface area contributed by atoms with Crippen LogP contribution in [0.2, 0.25) is 0 Å². The normalized spacial score (nSPS) is 24.1. The third kappa shape index (κ3) is 4.21. The summed E-state index contributed by atoms with van der Waals surface area (Å²) in [5, 5.41) is 12.2. The summed E-state index contributed by atoms with van der Waals surface area (Å²) in [7, 11) is 0. The summed E-state index contributed by atoms with van der Waals surface area (Å²) in [6.07, 6.45) is 4.24. The quantitative estimate of drug-likeness (QED) is 0.649. The highest BCUT2D eigenvalue weighted by atomic mass is 16.3. The molecule has 0 aliphatic heterocycles. The number of benzene rings is 1. The minimum Gasteiger partial charge on any atom is -0.508 e. The standard InChI is InChI=1S/C15H23N3O2/c16-11-3-5-12(6-4-11)18-15(20)14(17)9-10-1-7-13(19)8-2-10/h1-2,7-8,11-12,14,19H,3-6,9,16-17H2,(H,18,20)/t11?,12?,14-/m1/s1. The smallest absolute Gasteiger partial charge is 0.237 e. The van der Waals surface area contributed by atoms with Crippen molar-refractivity contribution >= 4 is 5.91 Å². The van der Waals surface area contributed by atoms with Gasteiger partial charge in [0.15, 0.2) is 0 Å². The van der Waals surface area contributed by atoms with E-state index in [-0.39, 0.29) is 23.7 Å². The molecule has 1 aliphatic carbocycles.